The number of hydrogen-bond donors (Lipinski definition) is 1. The Morgan fingerprint density at radius 1 is 1.22 bits per heavy atom. The van der Waals surface area contributed by atoms with Crippen molar-refractivity contribution >= 4 is 37.4 Å². The second kappa shape index (κ2) is 8.66. The molecule has 1 N–H and O–H groups in total. The van der Waals surface area contributed by atoms with Gasteiger partial charge in [0.15, 0.2) is 11.5 Å². The molecule has 1 amide bonds. The summed E-state index contributed by atoms with van der Waals surface area (Å²) in [5.41, 5.74) is 0.503. The van der Waals surface area contributed by atoms with Crippen LogP contribution in [0.3, 0.4) is 0 Å². The van der Waals surface area contributed by atoms with E-state index in [4.69, 9.17) is 9.47 Å². The number of rotatable bonds is 7. The fraction of sp³-hybridized carbons (Fsp3) is 0.235. The molecular weight excluding hydrogens is 448 g/mol. The van der Waals surface area contributed by atoms with E-state index in [-0.39, 0.29) is 11.3 Å². The molecule has 6 nitrogen and oxygen atoms in total. The Morgan fingerprint density at radius 2 is 1.85 bits per heavy atom. The summed E-state index contributed by atoms with van der Waals surface area (Å²) in [6.07, 6.45) is 0. The van der Waals surface area contributed by atoms with Gasteiger partial charge in [0.05, 0.1) is 23.1 Å². The molecule has 0 radical (unpaired) electrons. The number of nitrogens with one attached hydrogen (secondary N) is 1. The molecule has 27 heavy (non-hydrogen) atoms. The minimum atomic E-state index is -4.68. The maximum absolute atomic E-state index is 12.5. The van der Waals surface area contributed by atoms with Gasteiger partial charge in [0.1, 0.15) is 0 Å². The van der Waals surface area contributed by atoms with Gasteiger partial charge in [-0.3, -0.25) is 4.79 Å². The van der Waals surface area contributed by atoms with E-state index in [0.29, 0.717) is 22.6 Å². The number of sulfone groups is 1. The molecule has 0 aliphatic rings. The van der Waals surface area contributed by atoms with Crippen LogP contribution in [0.2, 0.25) is 0 Å². The van der Waals surface area contributed by atoms with Crippen LogP contribution in [0, 0.1) is 0 Å². The van der Waals surface area contributed by atoms with Crippen LogP contribution in [0.1, 0.15) is 17.3 Å². The van der Waals surface area contributed by atoms with Crippen LogP contribution < -0.4 is 14.8 Å². The number of anilines is 1. The SMILES string of the molecule is CCOc1c(Br)cc(C(=O)Nc2ccc(S(=O)(=O)C(F)F)cc2)cc1OC. The van der Waals surface area contributed by atoms with Crippen molar-refractivity contribution in [3.05, 3.63) is 46.4 Å². The number of alkyl halides is 2. The summed E-state index contributed by atoms with van der Waals surface area (Å²) in [4.78, 5) is 11.9. The van der Waals surface area contributed by atoms with Crippen molar-refractivity contribution < 1.29 is 31.5 Å². The van der Waals surface area contributed by atoms with Crippen molar-refractivity contribution in [2.24, 2.45) is 0 Å². The molecule has 2 rings (SSSR count). The first-order chi connectivity index (χ1) is 12.7. The topological polar surface area (TPSA) is 81.7 Å². The minimum Gasteiger partial charge on any atom is -0.493 e. The summed E-state index contributed by atoms with van der Waals surface area (Å²) in [6, 6.07) is 7.50. The van der Waals surface area contributed by atoms with E-state index in [2.05, 4.69) is 21.2 Å². The fourth-order valence-electron chi connectivity index (χ4n) is 2.17. The maximum Gasteiger partial charge on any atom is 0.341 e. The minimum absolute atomic E-state index is 0.247. The highest BCUT2D eigenvalue weighted by atomic mass is 79.9. The zero-order valence-electron chi connectivity index (χ0n) is 14.3. The molecular formula is C17H16BrF2NO5S. The summed E-state index contributed by atoms with van der Waals surface area (Å²) < 4.78 is 59.1. The predicted molar refractivity (Wildman–Crippen MR) is 99.4 cm³/mol. The molecule has 0 fully saturated rings. The Bertz CT molecular complexity index is 933. The average Bonchev–Trinajstić information content (AvgIpc) is 2.63. The lowest BCUT2D eigenvalue weighted by Gasteiger charge is -2.13. The molecule has 0 heterocycles. The molecule has 0 bridgehead atoms. The maximum atomic E-state index is 12.5. The number of amides is 1. The van der Waals surface area contributed by atoms with E-state index >= 15 is 0 Å². The third-order valence-corrected chi connectivity index (χ3v) is 5.44. The summed E-state index contributed by atoms with van der Waals surface area (Å²) in [6.45, 7) is 2.22. The highest BCUT2D eigenvalue weighted by molar-refractivity contribution is 9.10. The Balaban J connectivity index is 2.24. The number of methoxy groups -OCH3 is 1. The zero-order chi connectivity index (χ0) is 20.2. The van der Waals surface area contributed by atoms with Crippen LogP contribution in [0.4, 0.5) is 14.5 Å². The van der Waals surface area contributed by atoms with E-state index in [1.54, 1.807) is 6.07 Å². The molecule has 0 spiro atoms. The van der Waals surface area contributed by atoms with Crippen molar-refractivity contribution in [3.8, 4) is 11.5 Å². The summed E-state index contributed by atoms with van der Waals surface area (Å²) in [5, 5.41) is 2.56. The largest absolute Gasteiger partial charge is 0.493 e. The normalized spacial score (nSPS) is 11.3. The van der Waals surface area contributed by atoms with Gasteiger partial charge in [-0.25, -0.2) is 8.42 Å². The second-order valence-electron chi connectivity index (χ2n) is 5.21. The van der Waals surface area contributed by atoms with Crippen LogP contribution in [0.25, 0.3) is 0 Å². The van der Waals surface area contributed by atoms with Crippen LogP contribution in [0.15, 0.2) is 45.8 Å². The van der Waals surface area contributed by atoms with Crippen LogP contribution in [-0.4, -0.2) is 33.8 Å². The molecule has 0 aromatic heterocycles. The summed E-state index contributed by atoms with van der Waals surface area (Å²) >= 11 is 3.32. The Labute approximate surface area is 163 Å². The molecule has 0 aliphatic carbocycles. The molecule has 0 saturated carbocycles. The number of hydrogen-bond acceptors (Lipinski definition) is 5. The molecule has 0 atom stereocenters. The van der Waals surface area contributed by atoms with Crippen molar-refractivity contribution in [1.82, 2.24) is 0 Å². The molecule has 10 heteroatoms. The monoisotopic (exact) mass is 463 g/mol. The van der Waals surface area contributed by atoms with Crippen LogP contribution in [-0.2, 0) is 9.84 Å². The van der Waals surface area contributed by atoms with Gasteiger partial charge in [0, 0.05) is 11.3 Å². The number of benzene rings is 2. The van der Waals surface area contributed by atoms with E-state index in [1.807, 2.05) is 6.92 Å². The summed E-state index contributed by atoms with van der Waals surface area (Å²) in [7, 11) is -3.24. The van der Waals surface area contributed by atoms with Gasteiger partial charge in [-0.1, -0.05) is 0 Å². The highest BCUT2D eigenvalue weighted by Gasteiger charge is 2.26. The van der Waals surface area contributed by atoms with E-state index in [9.17, 15) is 22.0 Å². The lowest BCUT2D eigenvalue weighted by Crippen LogP contribution is -2.14. The van der Waals surface area contributed by atoms with Crippen molar-refractivity contribution in [3.63, 3.8) is 0 Å². The standard InChI is InChI=1S/C17H16BrF2NO5S/c1-3-26-15-13(18)8-10(9-14(15)25-2)16(22)21-11-4-6-12(7-5-11)27(23,24)17(19)20/h4-9,17H,3H2,1-2H3,(H,21,22). The van der Waals surface area contributed by atoms with Crippen LogP contribution in [0.5, 0.6) is 11.5 Å². The number of carbonyl (C=O) groups excluding carboxylic acids is 1. The molecule has 0 unspecified atom stereocenters. The molecule has 2 aromatic carbocycles. The van der Waals surface area contributed by atoms with Crippen molar-refractivity contribution in [2.45, 2.75) is 17.6 Å². The number of halogens is 3. The zero-order valence-corrected chi connectivity index (χ0v) is 16.7. The first-order valence-electron chi connectivity index (χ1n) is 7.64. The smallest absolute Gasteiger partial charge is 0.341 e. The van der Waals surface area contributed by atoms with Crippen molar-refractivity contribution in [1.29, 1.82) is 0 Å². The Hall–Kier alpha value is -2.20. The second-order valence-corrected chi connectivity index (χ2v) is 7.98. The third-order valence-electron chi connectivity index (χ3n) is 3.46. The quantitative estimate of drug-likeness (QED) is 0.668. The fourth-order valence-corrected chi connectivity index (χ4v) is 3.45. The predicted octanol–water partition coefficient (Wildman–Crippen LogP) is 4.11. The van der Waals surface area contributed by atoms with Gasteiger partial charge in [0.25, 0.3) is 5.91 Å². The van der Waals surface area contributed by atoms with E-state index in [1.165, 1.54) is 25.3 Å². The molecule has 2 aromatic rings. The lowest BCUT2D eigenvalue weighted by atomic mass is 10.2. The van der Waals surface area contributed by atoms with E-state index < -0.39 is 26.4 Å². The first-order valence-corrected chi connectivity index (χ1v) is 9.98. The van der Waals surface area contributed by atoms with Gasteiger partial charge >= 0.3 is 5.76 Å². The van der Waals surface area contributed by atoms with Gasteiger partial charge < -0.3 is 14.8 Å². The average molecular weight is 464 g/mol. The first kappa shape index (κ1) is 21.1. The van der Waals surface area contributed by atoms with Gasteiger partial charge in [0.2, 0.25) is 9.84 Å². The summed E-state index contributed by atoms with van der Waals surface area (Å²) in [5.74, 6) is -3.19. The number of carbonyl (C=O) groups is 1. The molecule has 0 saturated heterocycles. The Morgan fingerprint density at radius 3 is 2.37 bits per heavy atom. The third kappa shape index (κ3) is 4.75. The van der Waals surface area contributed by atoms with E-state index in [0.717, 1.165) is 12.1 Å². The van der Waals surface area contributed by atoms with Crippen molar-refractivity contribution in [2.75, 3.05) is 19.0 Å². The van der Waals surface area contributed by atoms with Crippen LogP contribution >= 0.6 is 15.9 Å². The van der Waals surface area contributed by atoms with Gasteiger partial charge in [-0.15, -0.1) is 0 Å². The molecule has 0 aliphatic heterocycles. The number of ether oxygens (including phenoxy) is 2. The lowest BCUT2D eigenvalue weighted by molar-refractivity contribution is 0.102. The van der Waals surface area contributed by atoms with Gasteiger partial charge in [-0.05, 0) is 59.3 Å². The molecule has 146 valence electrons. The Kier molecular flexibility index (Phi) is 6.77. The highest BCUT2D eigenvalue weighted by Crippen LogP contribution is 2.36. The van der Waals surface area contributed by atoms with Gasteiger partial charge in [-0.2, -0.15) is 8.78 Å².